The lowest BCUT2D eigenvalue weighted by atomic mass is 10.1. The molecule has 9 heteroatoms. The summed E-state index contributed by atoms with van der Waals surface area (Å²) in [5.41, 5.74) is 1.97. The third kappa shape index (κ3) is 7.08. The molecule has 2 aromatic rings. The van der Waals surface area contributed by atoms with E-state index < -0.39 is 0 Å². The molecule has 1 unspecified atom stereocenters. The molecule has 0 spiro atoms. The SMILES string of the molecule is COc1c(CNCC(C)C(=O)N(Cc2cc(Cl)c3c(c2)OCCCO3)CC(C)C)cccc1N=O. The maximum absolute atomic E-state index is 13.4. The van der Waals surface area contributed by atoms with Crippen LogP contribution in [0.15, 0.2) is 35.5 Å². The first-order valence-corrected chi connectivity index (χ1v) is 12.3. The number of fused-ring (bicyclic) bond motifs is 1. The van der Waals surface area contributed by atoms with Crippen LogP contribution >= 0.6 is 11.6 Å². The Hall–Kier alpha value is -2.84. The van der Waals surface area contributed by atoms with Gasteiger partial charge in [-0.2, -0.15) is 0 Å². The Balaban J connectivity index is 1.67. The number of amides is 1. The quantitative estimate of drug-likeness (QED) is 0.417. The molecule has 0 aliphatic carbocycles. The third-order valence-corrected chi connectivity index (χ3v) is 5.98. The molecule has 3 rings (SSSR count). The van der Waals surface area contributed by atoms with E-state index in [1.807, 2.05) is 30.0 Å². The van der Waals surface area contributed by atoms with Crippen molar-refractivity contribution < 1.29 is 19.0 Å². The number of hydrogen-bond donors (Lipinski definition) is 1. The zero-order valence-electron chi connectivity index (χ0n) is 20.8. The number of carbonyl (C=O) groups is 1. The van der Waals surface area contributed by atoms with Crippen LogP contribution in [-0.4, -0.2) is 44.2 Å². The van der Waals surface area contributed by atoms with Crippen LogP contribution in [0.25, 0.3) is 0 Å². The van der Waals surface area contributed by atoms with E-state index in [0.717, 1.165) is 17.5 Å². The number of ether oxygens (including phenoxy) is 3. The van der Waals surface area contributed by atoms with Gasteiger partial charge in [0.1, 0.15) is 5.69 Å². The fourth-order valence-corrected chi connectivity index (χ4v) is 4.40. The minimum atomic E-state index is -0.261. The molecule has 8 nitrogen and oxygen atoms in total. The van der Waals surface area contributed by atoms with Gasteiger partial charge in [0.25, 0.3) is 0 Å². The summed E-state index contributed by atoms with van der Waals surface area (Å²) >= 11 is 6.47. The first-order valence-electron chi connectivity index (χ1n) is 11.9. The summed E-state index contributed by atoms with van der Waals surface area (Å²) in [5, 5.41) is 6.81. The number of hydrogen-bond acceptors (Lipinski definition) is 7. The van der Waals surface area contributed by atoms with Crippen LogP contribution < -0.4 is 19.5 Å². The molecule has 1 aliphatic rings. The second-order valence-electron chi connectivity index (χ2n) is 9.16. The van der Waals surface area contributed by atoms with Gasteiger partial charge in [-0.3, -0.25) is 4.79 Å². The first kappa shape index (κ1) is 26.8. The van der Waals surface area contributed by atoms with Gasteiger partial charge in [0.05, 0.1) is 25.3 Å². The lowest BCUT2D eigenvalue weighted by Crippen LogP contribution is -2.40. The van der Waals surface area contributed by atoms with Crippen molar-refractivity contribution in [2.24, 2.45) is 17.0 Å². The number of carbonyl (C=O) groups excluding carboxylic acids is 1. The molecule has 0 saturated carbocycles. The largest absolute Gasteiger partial charge is 0.494 e. The van der Waals surface area contributed by atoms with E-state index >= 15 is 0 Å². The van der Waals surface area contributed by atoms with Gasteiger partial charge in [-0.05, 0) is 34.9 Å². The molecule has 0 radical (unpaired) electrons. The molecule has 1 heterocycles. The van der Waals surface area contributed by atoms with E-state index in [9.17, 15) is 9.70 Å². The van der Waals surface area contributed by atoms with Crippen molar-refractivity contribution >= 4 is 23.2 Å². The molecule has 0 saturated heterocycles. The van der Waals surface area contributed by atoms with Crippen molar-refractivity contribution in [2.45, 2.75) is 40.3 Å². The van der Waals surface area contributed by atoms with Gasteiger partial charge in [-0.25, -0.2) is 0 Å². The van der Waals surface area contributed by atoms with Gasteiger partial charge in [-0.15, -0.1) is 4.91 Å². The van der Waals surface area contributed by atoms with Gasteiger partial charge < -0.3 is 24.4 Å². The second-order valence-corrected chi connectivity index (χ2v) is 9.57. The predicted octanol–water partition coefficient (Wildman–Crippen LogP) is 5.32. The summed E-state index contributed by atoms with van der Waals surface area (Å²) in [5.74, 6) is 1.72. The van der Waals surface area contributed by atoms with Crippen LogP contribution in [0, 0.1) is 16.7 Å². The second kappa shape index (κ2) is 12.7. The lowest BCUT2D eigenvalue weighted by molar-refractivity contribution is -0.136. The standard InChI is InChI=1S/C26H34ClN3O5/c1-17(2)15-30(16-19-11-21(27)25-23(12-19)34-9-6-10-35-25)26(31)18(3)13-28-14-20-7-5-8-22(29-32)24(20)33-4/h5,7-8,11-12,17-18,28H,6,9-10,13-16H2,1-4H3. The molecule has 1 atom stereocenters. The van der Waals surface area contributed by atoms with Crippen LogP contribution in [0.5, 0.6) is 17.2 Å². The first-order chi connectivity index (χ1) is 16.8. The van der Waals surface area contributed by atoms with Crippen molar-refractivity contribution in [3.63, 3.8) is 0 Å². The van der Waals surface area contributed by atoms with Gasteiger partial charge in [-0.1, -0.05) is 44.5 Å². The van der Waals surface area contributed by atoms with Crippen LogP contribution in [0.2, 0.25) is 5.02 Å². The molecular formula is C26H34ClN3O5. The zero-order chi connectivity index (χ0) is 25.4. The highest BCUT2D eigenvalue weighted by Gasteiger charge is 2.23. The van der Waals surface area contributed by atoms with Crippen molar-refractivity contribution in [3.05, 3.63) is 51.4 Å². The number of para-hydroxylation sites is 1. The van der Waals surface area contributed by atoms with Crippen molar-refractivity contribution in [1.29, 1.82) is 0 Å². The summed E-state index contributed by atoms with van der Waals surface area (Å²) in [4.78, 5) is 26.3. The van der Waals surface area contributed by atoms with Crippen LogP contribution in [0.4, 0.5) is 5.69 Å². The number of nitrogens with zero attached hydrogens (tertiary/aromatic N) is 2. The fraction of sp³-hybridized carbons (Fsp3) is 0.500. The Labute approximate surface area is 211 Å². The summed E-state index contributed by atoms with van der Waals surface area (Å²) in [7, 11) is 1.51. The average Bonchev–Trinajstić information content (AvgIpc) is 3.08. The van der Waals surface area contributed by atoms with Gasteiger partial charge >= 0.3 is 0 Å². The summed E-state index contributed by atoms with van der Waals surface area (Å²) < 4.78 is 16.9. The van der Waals surface area contributed by atoms with Crippen molar-refractivity contribution in [1.82, 2.24) is 10.2 Å². The number of benzene rings is 2. The number of halogens is 1. The van der Waals surface area contributed by atoms with E-state index in [4.69, 9.17) is 25.8 Å². The van der Waals surface area contributed by atoms with Crippen LogP contribution in [-0.2, 0) is 17.9 Å². The van der Waals surface area contributed by atoms with E-state index in [1.54, 1.807) is 12.1 Å². The van der Waals surface area contributed by atoms with Crippen molar-refractivity contribution in [2.75, 3.05) is 33.4 Å². The Morgan fingerprint density at radius 1 is 1.23 bits per heavy atom. The van der Waals surface area contributed by atoms with Crippen LogP contribution in [0.3, 0.4) is 0 Å². The maximum Gasteiger partial charge on any atom is 0.226 e. The van der Waals surface area contributed by atoms with Crippen LogP contribution in [0.1, 0.15) is 38.3 Å². The normalized spacial score (nSPS) is 13.8. The third-order valence-electron chi connectivity index (χ3n) is 5.70. The highest BCUT2D eigenvalue weighted by atomic mass is 35.5. The number of rotatable bonds is 11. The molecule has 1 amide bonds. The summed E-state index contributed by atoms with van der Waals surface area (Å²) in [6, 6.07) is 8.99. The number of nitroso groups, excluding NO2 is 1. The van der Waals surface area contributed by atoms with Gasteiger partial charge in [0, 0.05) is 44.1 Å². The lowest BCUT2D eigenvalue weighted by Gasteiger charge is -2.28. The monoisotopic (exact) mass is 503 g/mol. The molecule has 190 valence electrons. The molecule has 0 bridgehead atoms. The average molecular weight is 504 g/mol. The molecule has 1 N–H and O–H groups in total. The van der Waals surface area contributed by atoms with Gasteiger partial charge in [0.2, 0.25) is 5.91 Å². The maximum atomic E-state index is 13.4. The minimum absolute atomic E-state index is 0.0460. The van der Waals surface area contributed by atoms with Gasteiger partial charge in [0.15, 0.2) is 17.2 Å². The minimum Gasteiger partial charge on any atom is -0.494 e. The fourth-order valence-electron chi connectivity index (χ4n) is 4.11. The van der Waals surface area contributed by atoms with E-state index in [-0.39, 0.29) is 17.5 Å². The molecule has 0 fully saturated rings. The summed E-state index contributed by atoms with van der Waals surface area (Å²) in [6.07, 6.45) is 0.796. The van der Waals surface area contributed by atoms with E-state index in [0.29, 0.717) is 67.6 Å². The molecule has 0 aromatic heterocycles. The topological polar surface area (TPSA) is 89.5 Å². The molecular weight excluding hydrogens is 470 g/mol. The highest BCUT2D eigenvalue weighted by molar-refractivity contribution is 6.32. The Morgan fingerprint density at radius 2 is 2.00 bits per heavy atom. The molecule has 1 aliphatic heterocycles. The number of methoxy groups -OCH3 is 1. The van der Waals surface area contributed by atoms with Crippen molar-refractivity contribution in [3.8, 4) is 17.2 Å². The smallest absolute Gasteiger partial charge is 0.226 e. The molecule has 2 aromatic carbocycles. The predicted molar refractivity (Wildman–Crippen MR) is 137 cm³/mol. The Bertz CT molecular complexity index is 1030. The van der Waals surface area contributed by atoms with E-state index in [1.165, 1.54) is 7.11 Å². The zero-order valence-corrected chi connectivity index (χ0v) is 21.6. The highest BCUT2D eigenvalue weighted by Crippen LogP contribution is 2.38. The van der Waals surface area contributed by atoms with E-state index in [2.05, 4.69) is 24.3 Å². The Morgan fingerprint density at radius 3 is 2.71 bits per heavy atom. The Kier molecular flexibility index (Phi) is 9.74. The number of nitrogens with one attached hydrogen (secondary N) is 1. The molecule has 35 heavy (non-hydrogen) atoms. The summed E-state index contributed by atoms with van der Waals surface area (Å²) in [6.45, 7) is 9.19.